The van der Waals surface area contributed by atoms with Gasteiger partial charge in [0.15, 0.2) is 5.75 Å². The van der Waals surface area contributed by atoms with Gasteiger partial charge in [0.1, 0.15) is 22.4 Å². The first kappa shape index (κ1) is 25.1. The van der Waals surface area contributed by atoms with Crippen molar-refractivity contribution in [3.63, 3.8) is 0 Å². The van der Waals surface area contributed by atoms with Gasteiger partial charge in [-0.2, -0.15) is 13.2 Å². The molecular formula is C21H15F3N6O7. The molecule has 0 saturated heterocycles. The Labute approximate surface area is 203 Å². The monoisotopic (exact) mass is 520 g/mol. The third kappa shape index (κ3) is 4.75. The zero-order valence-electron chi connectivity index (χ0n) is 19.1. The molecule has 0 fully saturated rings. The van der Waals surface area contributed by atoms with E-state index in [0.29, 0.717) is 11.1 Å². The van der Waals surface area contributed by atoms with Crippen LogP contribution in [-0.4, -0.2) is 51.2 Å². The minimum Gasteiger partial charge on any atom is -0.494 e. The lowest BCUT2D eigenvalue weighted by Crippen LogP contribution is -2.28. The number of H-pyrrole nitrogens is 1. The van der Waals surface area contributed by atoms with E-state index in [4.69, 9.17) is 9.47 Å². The summed E-state index contributed by atoms with van der Waals surface area (Å²) in [5.74, 6) is -3.54. The molecule has 2 aromatic heterocycles. The maximum atomic E-state index is 12.8. The largest absolute Gasteiger partial charge is 0.494 e. The van der Waals surface area contributed by atoms with Crippen molar-refractivity contribution < 1.29 is 37.1 Å². The Balaban J connectivity index is 1.80. The number of anilines is 2. The first-order valence-corrected chi connectivity index (χ1v) is 10.1. The van der Waals surface area contributed by atoms with E-state index >= 15 is 0 Å². The van der Waals surface area contributed by atoms with Gasteiger partial charge in [0.25, 0.3) is 5.56 Å². The molecule has 0 aliphatic carbocycles. The number of fused-ring (bicyclic) bond motifs is 2. The number of nitro benzene ring substituents is 1. The molecule has 2 N–H and O–H groups in total. The van der Waals surface area contributed by atoms with E-state index in [9.17, 15) is 32.9 Å². The van der Waals surface area contributed by atoms with Crippen LogP contribution in [0.4, 0.5) is 30.8 Å². The standard InChI is InChI=1S/C21H15F3N6O7/c1-8-9-6-14(36-3)11(30(33)34)7-10(9)26-19(25-8)29-20-27-16-13(35-2)5-4-12(15(16)17(31)28-20)37-18(32)21(22,23)24/h4-7H,1-3H3,(H2,25,26,27,28,29,31). The summed E-state index contributed by atoms with van der Waals surface area (Å²) < 4.78 is 52.6. The summed E-state index contributed by atoms with van der Waals surface area (Å²) in [6, 6.07) is 4.73. The van der Waals surface area contributed by atoms with Crippen LogP contribution in [0.25, 0.3) is 21.8 Å². The summed E-state index contributed by atoms with van der Waals surface area (Å²) in [6.45, 7) is 1.61. The lowest BCUT2D eigenvalue weighted by molar-refractivity contribution is -0.385. The first-order chi connectivity index (χ1) is 17.4. The predicted molar refractivity (Wildman–Crippen MR) is 121 cm³/mol. The van der Waals surface area contributed by atoms with Crippen molar-refractivity contribution in [2.24, 2.45) is 0 Å². The third-order valence-electron chi connectivity index (χ3n) is 5.05. The normalized spacial score (nSPS) is 11.4. The smallest absolute Gasteiger partial charge is 0.491 e. The minimum absolute atomic E-state index is 0.00529. The second kappa shape index (κ2) is 9.21. The maximum Gasteiger partial charge on any atom is 0.491 e. The van der Waals surface area contributed by atoms with Crippen molar-refractivity contribution in [1.82, 2.24) is 19.9 Å². The highest BCUT2D eigenvalue weighted by atomic mass is 19.4. The van der Waals surface area contributed by atoms with Crippen LogP contribution in [0.5, 0.6) is 17.2 Å². The lowest BCUT2D eigenvalue weighted by atomic mass is 10.1. The van der Waals surface area contributed by atoms with Crippen LogP contribution in [0.1, 0.15) is 5.69 Å². The molecule has 0 amide bonds. The maximum absolute atomic E-state index is 12.8. The molecule has 16 heteroatoms. The van der Waals surface area contributed by atoms with Crippen molar-refractivity contribution >= 4 is 45.4 Å². The highest BCUT2D eigenvalue weighted by molar-refractivity contribution is 5.93. The predicted octanol–water partition coefficient (Wildman–Crippen LogP) is 3.31. The number of aryl methyl sites for hydroxylation is 1. The SMILES string of the molecule is COc1cc2c(C)nc(Nc3nc4c(OC)ccc(OC(=O)C(F)(F)F)c4c(=O)[nH]3)nc2cc1[N+](=O)[O-]. The summed E-state index contributed by atoms with van der Waals surface area (Å²) in [5.41, 5.74) is -0.928. The number of ether oxygens (including phenoxy) is 3. The Morgan fingerprint density at radius 3 is 2.38 bits per heavy atom. The van der Waals surface area contributed by atoms with Gasteiger partial charge in [-0.3, -0.25) is 25.2 Å². The van der Waals surface area contributed by atoms with Crippen LogP contribution in [-0.2, 0) is 4.79 Å². The van der Waals surface area contributed by atoms with E-state index in [1.807, 2.05) is 0 Å². The van der Waals surface area contributed by atoms with Crippen LogP contribution in [0.3, 0.4) is 0 Å². The van der Waals surface area contributed by atoms with Gasteiger partial charge in [-0.05, 0) is 25.1 Å². The number of alkyl halides is 3. The molecule has 192 valence electrons. The number of methoxy groups -OCH3 is 2. The van der Waals surface area contributed by atoms with Crippen LogP contribution in [0.2, 0.25) is 0 Å². The first-order valence-electron chi connectivity index (χ1n) is 10.1. The van der Waals surface area contributed by atoms with Crippen LogP contribution in [0, 0.1) is 17.0 Å². The fraction of sp³-hybridized carbons (Fsp3) is 0.190. The van der Waals surface area contributed by atoms with Gasteiger partial charge in [0.05, 0.1) is 30.4 Å². The number of rotatable bonds is 6. The topological polar surface area (TPSA) is 171 Å². The van der Waals surface area contributed by atoms with E-state index in [0.717, 1.165) is 6.07 Å². The van der Waals surface area contributed by atoms with Gasteiger partial charge >= 0.3 is 17.8 Å². The van der Waals surface area contributed by atoms with Crippen LogP contribution < -0.4 is 25.1 Å². The highest BCUT2D eigenvalue weighted by Crippen LogP contribution is 2.34. The number of carbonyl (C=O) groups is 1. The van der Waals surface area contributed by atoms with Gasteiger partial charge < -0.3 is 14.2 Å². The second-order valence-corrected chi connectivity index (χ2v) is 7.35. The van der Waals surface area contributed by atoms with Gasteiger partial charge in [-0.1, -0.05) is 0 Å². The van der Waals surface area contributed by atoms with E-state index in [-0.39, 0.29) is 40.1 Å². The Kier molecular flexibility index (Phi) is 6.25. The van der Waals surface area contributed by atoms with Crippen molar-refractivity contribution in [3.8, 4) is 17.2 Å². The third-order valence-corrected chi connectivity index (χ3v) is 5.05. The number of aromatic amines is 1. The molecule has 0 saturated carbocycles. The summed E-state index contributed by atoms with van der Waals surface area (Å²) in [5, 5.41) is 14.0. The summed E-state index contributed by atoms with van der Waals surface area (Å²) in [7, 11) is 2.52. The number of nitrogens with zero attached hydrogens (tertiary/aromatic N) is 4. The average molecular weight is 520 g/mol. The molecule has 0 bridgehead atoms. The Hall–Kier alpha value is -5.02. The van der Waals surface area contributed by atoms with Gasteiger partial charge in [0, 0.05) is 11.5 Å². The second-order valence-electron chi connectivity index (χ2n) is 7.35. The van der Waals surface area contributed by atoms with Gasteiger partial charge in [0.2, 0.25) is 11.9 Å². The number of carbonyl (C=O) groups excluding carboxylic acids is 1. The zero-order valence-corrected chi connectivity index (χ0v) is 19.1. The Morgan fingerprint density at radius 1 is 1.08 bits per heavy atom. The average Bonchev–Trinajstić information content (AvgIpc) is 2.82. The molecule has 0 spiro atoms. The number of benzene rings is 2. The molecular weight excluding hydrogens is 505 g/mol. The molecule has 0 aliphatic rings. The number of nitro groups is 1. The summed E-state index contributed by atoms with van der Waals surface area (Å²) >= 11 is 0. The minimum atomic E-state index is -5.29. The molecule has 13 nitrogen and oxygen atoms in total. The molecule has 2 heterocycles. The van der Waals surface area contributed by atoms with E-state index < -0.39 is 33.8 Å². The van der Waals surface area contributed by atoms with Crippen LogP contribution in [0.15, 0.2) is 29.1 Å². The Morgan fingerprint density at radius 2 is 1.76 bits per heavy atom. The number of hydrogen-bond donors (Lipinski definition) is 2. The molecule has 4 rings (SSSR count). The Bertz CT molecular complexity index is 1640. The van der Waals surface area contributed by atoms with Crippen molar-refractivity contribution in [2.75, 3.05) is 19.5 Å². The molecule has 37 heavy (non-hydrogen) atoms. The van der Waals surface area contributed by atoms with Crippen molar-refractivity contribution in [2.45, 2.75) is 13.1 Å². The fourth-order valence-corrected chi connectivity index (χ4v) is 3.43. The summed E-state index contributed by atoms with van der Waals surface area (Å²) in [6.07, 6.45) is -5.29. The highest BCUT2D eigenvalue weighted by Gasteiger charge is 2.41. The van der Waals surface area contributed by atoms with E-state index in [1.54, 1.807) is 6.92 Å². The van der Waals surface area contributed by atoms with E-state index in [2.05, 4.69) is 30.0 Å². The summed E-state index contributed by atoms with van der Waals surface area (Å²) in [4.78, 5) is 49.7. The number of halogens is 3. The molecule has 0 radical (unpaired) electrons. The molecule has 0 atom stereocenters. The van der Waals surface area contributed by atoms with Gasteiger partial charge in [-0.15, -0.1) is 0 Å². The number of nitrogens with one attached hydrogen (secondary N) is 2. The van der Waals surface area contributed by atoms with Crippen molar-refractivity contribution in [1.29, 1.82) is 0 Å². The van der Waals surface area contributed by atoms with E-state index in [1.165, 1.54) is 32.4 Å². The fourth-order valence-electron chi connectivity index (χ4n) is 3.43. The molecule has 2 aromatic carbocycles. The lowest BCUT2D eigenvalue weighted by Gasteiger charge is -2.12. The molecule has 4 aromatic rings. The van der Waals surface area contributed by atoms with Crippen molar-refractivity contribution in [3.05, 3.63) is 50.4 Å². The number of aromatic nitrogens is 4. The zero-order chi connectivity index (χ0) is 27.1. The molecule has 0 unspecified atom stereocenters. The van der Waals surface area contributed by atoms with Crippen LogP contribution >= 0.6 is 0 Å². The number of hydrogen-bond acceptors (Lipinski definition) is 11. The quantitative estimate of drug-likeness (QED) is 0.165. The van der Waals surface area contributed by atoms with Gasteiger partial charge in [-0.25, -0.2) is 19.7 Å². The molecule has 0 aliphatic heterocycles. The number of esters is 1.